The number of aromatic hydroxyl groups is 1. The standard InChI is InChI=1S/C24H18ClN3O2S2/c25-15-8-10-16(11-9-15)32-21-13-12-20(30-21)23-22(17-5-3-4-14-26-17)27-24(31)28(23)18-6-1-2-7-19(18)29/h1-14,22-23,29H,(H,27,31)/t22-,23+/m1/s1. The first kappa shape index (κ1) is 20.9. The Morgan fingerprint density at radius 1 is 1.00 bits per heavy atom. The second-order valence-corrected chi connectivity index (χ2v) is 9.10. The van der Waals surface area contributed by atoms with Gasteiger partial charge in [-0.15, -0.1) is 0 Å². The topological polar surface area (TPSA) is 61.5 Å². The van der Waals surface area contributed by atoms with Crippen molar-refractivity contribution < 1.29 is 9.52 Å². The number of rotatable bonds is 5. The highest BCUT2D eigenvalue weighted by molar-refractivity contribution is 7.99. The molecule has 3 heterocycles. The highest BCUT2D eigenvalue weighted by Gasteiger charge is 2.43. The van der Waals surface area contributed by atoms with Crippen LogP contribution in [0.5, 0.6) is 5.75 Å². The van der Waals surface area contributed by atoms with Crippen LogP contribution in [0.1, 0.15) is 23.5 Å². The molecule has 1 aliphatic rings. The van der Waals surface area contributed by atoms with Gasteiger partial charge in [-0.25, -0.2) is 0 Å². The van der Waals surface area contributed by atoms with E-state index in [0.29, 0.717) is 21.6 Å². The molecule has 5 rings (SSSR count). The number of phenolic OH excluding ortho intramolecular Hbond substituents is 1. The predicted octanol–water partition coefficient (Wildman–Crippen LogP) is 6.36. The molecule has 2 aromatic carbocycles. The highest BCUT2D eigenvalue weighted by atomic mass is 35.5. The van der Waals surface area contributed by atoms with E-state index in [1.807, 2.05) is 71.6 Å². The van der Waals surface area contributed by atoms with E-state index in [0.717, 1.165) is 15.7 Å². The Kier molecular flexibility index (Phi) is 5.78. The Bertz CT molecular complexity index is 1250. The Balaban J connectivity index is 1.54. The molecule has 0 unspecified atom stereocenters. The summed E-state index contributed by atoms with van der Waals surface area (Å²) in [5.74, 6) is 0.860. The first-order chi connectivity index (χ1) is 15.6. The van der Waals surface area contributed by atoms with Gasteiger partial charge in [0.25, 0.3) is 0 Å². The van der Waals surface area contributed by atoms with Crippen LogP contribution in [-0.2, 0) is 0 Å². The van der Waals surface area contributed by atoms with Gasteiger partial charge < -0.3 is 19.7 Å². The molecule has 5 nitrogen and oxygen atoms in total. The Morgan fingerprint density at radius 2 is 1.78 bits per heavy atom. The van der Waals surface area contributed by atoms with Gasteiger partial charge in [0.15, 0.2) is 10.2 Å². The minimum absolute atomic E-state index is 0.144. The average molecular weight is 480 g/mol. The summed E-state index contributed by atoms with van der Waals surface area (Å²) in [6, 6.07) is 23.8. The van der Waals surface area contributed by atoms with Crippen molar-refractivity contribution in [1.29, 1.82) is 0 Å². The molecule has 160 valence electrons. The summed E-state index contributed by atoms with van der Waals surface area (Å²) >= 11 is 13.2. The van der Waals surface area contributed by atoms with Gasteiger partial charge in [0.05, 0.1) is 17.4 Å². The van der Waals surface area contributed by atoms with Crippen LogP contribution >= 0.6 is 35.6 Å². The molecule has 32 heavy (non-hydrogen) atoms. The second-order valence-electron chi connectivity index (χ2n) is 7.20. The number of aromatic nitrogens is 1. The van der Waals surface area contributed by atoms with Gasteiger partial charge in [-0.2, -0.15) is 0 Å². The van der Waals surface area contributed by atoms with Gasteiger partial charge in [-0.1, -0.05) is 41.6 Å². The SMILES string of the molecule is Oc1ccccc1N1C(=S)N[C@H](c2ccccn2)[C@@H]1c1ccc(Sc2ccc(Cl)cc2)o1. The van der Waals surface area contributed by atoms with E-state index in [2.05, 4.69) is 10.3 Å². The first-order valence-electron chi connectivity index (χ1n) is 9.92. The van der Waals surface area contributed by atoms with E-state index in [-0.39, 0.29) is 17.8 Å². The van der Waals surface area contributed by atoms with Gasteiger partial charge in [0.1, 0.15) is 17.6 Å². The zero-order valence-electron chi connectivity index (χ0n) is 16.7. The van der Waals surface area contributed by atoms with Crippen LogP contribution in [0.3, 0.4) is 0 Å². The molecule has 0 bridgehead atoms. The summed E-state index contributed by atoms with van der Waals surface area (Å²) in [6.45, 7) is 0. The average Bonchev–Trinajstić information content (AvgIpc) is 3.40. The maximum absolute atomic E-state index is 10.5. The second kappa shape index (κ2) is 8.86. The molecule has 0 amide bonds. The lowest BCUT2D eigenvalue weighted by atomic mass is 10.0. The Morgan fingerprint density at radius 3 is 2.53 bits per heavy atom. The number of phenols is 1. The molecule has 2 N–H and O–H groups in total. The normalized spacial score (nSPS) is 18.0. The van der Waals surface area contributed by atoms with E-state index in [1.165, 1.54) is 11.8 Å². The summed E-state index contributed by atoms with van der Waals surface area (Å²) < 4.78 is 6.27. The maximum Gasteiger partial charge on any atom is 0.174 e. The summed E-state index contributed by atoms with van der Waals surface area (Å²) in [5.41, 5.74) is 1.44. The van der Waals surface area contributed by atoms with Gasteiger partial charge in [0.2, 0.25) is 0 Å². The van der Waals surface area contributed by atoms with E-state index in [1.54, 1.807) is 18.3 Å². The van der Waals surface area contributed by atoms with Gasteiger partial charge in [-0.05, 0) is 72.9 Å². The number of hydrogen-bond donors (Lipinski definition) is 2. The van der Waals surface area contributed by atoms with Crippen LogP contribution < -0.4 is 10.2 Å². The van der Waals surface area contributed by atoms with Crippen LogP contribution in [0.15, 0.2) is 99.5 Å². The monoisotopic (exact) mass is 479 g/mol. The van der Waals surface area contributed by atoms with Crippen LogP contribution in [0.2, 0.25) is 5.02 Å². The third-order valence-electron chi connectivity index (χ3n) is 5.17. The Labute approximate surface area is 200 Å². The fourth-order valence-corrected chi connectivity index (χ4v) is 4.98. The molecule has 0 spiro atoms. The van der Waals surface area contributed by atoms with Crippen molar-refractivity contribution in [3.63, 3.8) is 0 Å². The maximum atomic E-state index is 10.5. The van der Waals surface area contributed by atoms with Crippen LogP contribution in [0, 0.1) is 0 Å². The van der Waals surface area contributed by atoms with Crippen molar-refractivity contribution in [2.75, 3.05) is 4.90 Å². The molecular weight excluding hydrogens is 462 g/mol. The number of thiocarbonyl (C=S) groups is 1. The number of pyridine rings is 1. The lowest BCUT2D eigenvalue weighted by Gasteiger charge is -2.26. The minimum Gasteiger partial charge on any atom is -0.506 e. The van der Waals surface area contributed by atoms with Gasteiger partial charge in [0, 0.05) is 16.1 Å². The number of benzene rings is 2. The number of nitrogens with one attached hydrogen (secondary N) is 1. The quantitative estimate of drug-likeness (QED) is 0.323. The highest BCUT2D eigenvalue weighted by Crippen LogP contribution is 2.45. The number of nitrogens with zero attached hydrogens (tertiary/aromatic N) is 2. The van der Waals surface area contributed by atoms with Crippen molar-refractivity contribution in [2.45, 2.75) is 22.1 Å². The van der Waals surface area contributed by atoms with Crippen molar-refractivity contribution in [3.8, 4) is 5.75 Å². The van der Waals surface area contributed by atoms with Crippen LogP contribution in [0.25, 0.3) is 0 Å². The lowest BCUT2D eigenvalue weighted by molar-refractivity contribution is 0.382. The fraction of sp³-hybridized carbons (Fsp3) is 0.0833. The molecule has 1 fully saturated rings. The summed E-state index contributed by atoms with van der Waals surface area (Å²) in [6.07, 6.45) is 1.75. The van der Waals surface area contributed by atoms with Gasteiger partial charge >= 0.3 is 0 Å². The van der Waals surface area contributed by atoms with Crippen LogP contribution in [0.4, 0.5) is 5.69 Å². The van der Waals surface area contributed by atoms with E-state index in [9.17, 15) is 5.11 Å². The molecule has 1 saturated heterocycles. The fourth-order valence-electron chi connectivity index (χ4n) is 3.74. The van der Waals surface area contributed by atoms with E-state index >= 15 is 0 Å². The summed E-state index contributed by atoms with van der Waals surface area (Å²) in [7, 11) is 0. The van der Waals surface area contributed by atoms with Crippen molar-refractivity contribution in [3.05, 3.63) is 102 Å². The molecule has 2 aromatic heterocycles. The third kappa shape index (κ3) is 4.07. The largest absolute Gasteiger partial charge is 0.506 e. The molecule has 4 aromatic rings. The number of hydrogen-bond acceptors (Lipinski definition) is 5. The Hall–Kier alpha value is -3.00. The zero-order valence-corrected chi connectivity index (χ0v) is 19.1. The molecule has 1 aliphatic heterocycles. The summed E-state index contributed by atoms with van der Waals surface area (Å²) in [5, 5.41) is 15.8. The molecular formula is C24H18ClN3O2S2. The smallest absolute Gasteiger partial charge is 0.174 e. The van der Waals surface area contributed by atoms with Crippen LogP contribution in [-0.4, -0.2) is 15.2 Å². The van der Waals surface area contributed by atoms with Crippen molar-refractivity contribution in [2.24, 2.45) is 0 Å². The lowest BCUT2D eigenvalue weighted by Crippen LogP contribution is -2.29. The third-order valence-corrected chi connectivity index (χ3v) is 6.66. The number of furan rings is 1. The molecule has 0 aliphatic carbocycles. The predicted molar refractivity (Wildman–Crippen MR) is 130 cm³/mol. The molecule has 0 radical (unpaired) electrons. The number of anilines is 1. The summed E-state index contributed by atoms with van der Waals surface area (Å²) in [4.78, 5) is 7.44. The molecule has 2 atom stereocenters. The molecule has 8 heteroatoms. The number of para-hydroxylation sites is 2. The first-order valence-corrected chi connectivity index (χ1v) is 11.5. The minimum atomic E-state index is -0.328. The van der Waals surface area contributed by atoms with Crippen molar-refractivity contribution in [1.82, 2.24) is 10.3 Å². The van der Waals surface area contributed by atoms with E-state index < -0.39 is 0 Å². The number of halogens is 1. The molecule has 0 saturated carbocycles. The zero-order chi connectivity index (χ0) is 22.1. The van der Waals surface area contributed by atoms with Gasteiger partial charge in [-0.3, -0.25) is 4.98 Å². The van der Waals surface area contributed by atoms with Crippen molar-refractivity contribution >= 4 is 46.4 Å². The van der Waals surface area contributed by atoms with E-state index in [4.69, 9.17) is 28.2 Å².